The van der Waals surface area contributed by atoms with Gasteiger partial charge in [0.1, 0.15) is 36.5 Å². The number of rotatable bonds is 12. The lowest BCUT2D eigenvalue weighted by Gasteiger charge is -2.20. The molecule has 0 radical (unpaired) electrons. The van der Waals surface area contributed by atoms with Gasteiger partial charge in [0.15, 0.2) is 0 Å². The smallest absolute Gasteiger partial charge is 0.305 e. The zero-order valence-corrected chi connectivity index (χ0v) is 21.3. The number of ether oxygens (including phenoxy) is 2. The lowest BCUT2D eigenvalue weighted by molar-refractivity contribution is -0.137. The molecule has 3 aromatic rings. The number of nitrogens with zero attached hydrogens (tertiary/aromatic N) is 2. The number of benzene rings is 3. The average molecular weight is 513 g/mol. The molecule has 0 bridgehead atoms. The number of carboxylic acids is 1. The Bertz CT molecular complexity index is 1230. The van der Waals surface area contributed by atoms with E-state index in [1.165, 1.54) is 19.3 Å². The van der Waals surface area contributed by atoms with Gasteiger partial charge in [-0.2, -0.15) is 5.26 Å². The first kappa shape index (κ1) is 26.7. The SMILES string of the molecule is N#CC(CC(=O)O)c1ccc(OCc2ccc(OCC(=NOC3CCCCC3)c3ccccc3)cc2)cc1. The molecule has 0 amide bonds. The Labute approximate surface area is 223 Å². The largest absolute Gasteiger partial charge is 0.489 e. The molecule has 0 aromatic heterocycles. The molecule has 196 valence electrons. The second kappa shape index (κ2) is 13.8. The van der Waals surface area contributed by atoms with E-state index in [-0.39, 0.29) is 12.5 Å². The van der Waals surface area contributed by atoms with Gasteiger partial charge in [0.25, 0.3) is 0 Å². The van der Waals surface area contributed by atoms with Gasteiger partial charge in [-0.15, -0.1) is 0 Å². The van der Waals surface area contributed by atoms with Gasteiger partial charge < -0.3 is 19.4 Å². The number of carbonyl (C=O) groups is 1. The van der Waals surface area contributed by atoms with Crippen LogP contribution in [0.3, 0.4) is 0 Å². The first-order valence-corrected chi connectivity index (χ1v) is 12.9. The molecular weight excluding hydrogens is 480 g/mol. The quantitative estimate of drug-likeness (QED) is 0.220. The van der Waals surface area contributed by atoms with Crippen molar-refractivity contribution in [3.05, 3.63) is 95.6 Å². The van der Waals surface area contributed by atoms with Crippen LogP contribution in [0, 0.1) is 11.3 Å². The van der Waals surface area contributed by atoms with E-state index in [4.69, 9.17) is 19.4 Å². The molecule has 1 unspecified atom stereocenters. The molecule has 38 heavy (non-hydrogen) atoms. The summed E-state index contributed by atoms with van der Waals surface area (Å²) in [6, 6.07) is 26.6. The first-order valence-electron chi connectivity index (χ1n) is 12.9. The van der Waals surface area contributed by atoms with E-state index in [0.29, 0.717) is 24.5 Å². The third-order valence-corrected chi connectivity index (χ3v) is 6.49. The van der Waals surface area contributed by atoms with Crippen LogP contribution in [0.5, 0.6) is 11.5 Å². The number of aliphatic carboxylic acids is 1. The lowest BCUT2D eigenvalue weighted by atomic mass is 9.97. The van der Waals surface area contributed by atoms with Crippen LogP contribution in [0.4, 0.5) is 0 Å². The van der Waals surface area contributed by atoms with Gasteiger partial charge >= 0.3 is 5.97 Å². The Kier molecular flexibility index (Phi) is 9.75. The van der Waals surface area contributed by atoms with Crippen molar-refractivity contribution in [1.29, 1.82) is 5.26 Å². The molecule has 0 heterocycles. The topological polar surface area (TPSA) is 101 Å². The third kappa shape index (κ3) is 8.10. The minimum atomic E-state index is -0.999. The fraction of sp³-hybridized carbons (Fsp3) is 0.323. The van der Waals surface area contributed by atoms with Gasteiger partial charge in [-0.05, 0) is 61.1 Å². The van der Waals surface area contributed by atoms with Crippen molar-refractivity contribution in [2.24, 2.45) is 5.16 Å². The predicted octanol–water partition coefficient (Wildman–Crippen LogP) is 6.48. The molecule has 0 spiro atoms. The molecule has 0 saturated heterocycles. The second-order valence-electron chi connectivity index (χ2n) is 9.34. The highest BCUT2D eigenvalue weighted by molar-refractivity contribution is 6.01. The zero-order chi connectivity index (χ0) is 26.6. The van der Waals surface area contributed by atoms with Crippen LogP contribution in [0.1, 0.15) is 61.1 Å². The molecule has 1 N–H and O–H groups in total. The number of carboxylic acid groups (broad SMARTS) is 1. The zero-order valence-electron chi connectivity index (χ0n) is 21.3. The summed E-state index contributed by atoms with van der Waals surface area (Å²) in [7, 11) is 0. The average Bonchev–Trinajstić information content (AvgIpc) is 2.96. The van der Waals surface area contributed by atoms with Crippen molar-refractivity contribution in [3.63, 3.8) is 0 Å². The predicted molar refractivity (Wildman–Crippen MR) is 144 cm³/mol. The Morgan fingerprint density at radius 3 is 2.24 bits per heavy atom. The Morgan fingerprint density at radius 1 is 0.921 bits per heavy atom. The summed E-state index contributed by atoms with van der Waals surface area (Å²) in [6.45, 7) is 0.660. The fourth-order valence-corrected chi connectivity index (χ4v) is 4.31. The highest BCUT2D eigenvalue weighted by Crippen LogP contribution is 2.23. The summed E-state index contributed by atoms with van der Waals surface area (Å²) in [5.41, 5.74) is 3.36. The van der Waals surface area contributed by atoms with Crippen LogP contribution in [0.2, 0.25) is 0 Å². The van der Waals surface area contributed by atoms with Crippen LogP contribution in [-0.4, -0.2) is 29.5 Å². The van der Waals surface area contributed by atoms with Crippen molar-refractivity contribution in [2.75, 3.05) is 6.61 Å². The summed E-state index contributed by atoms with van der Waals surface area (Å²) >= 11 is 0. The molecule has 1 aliphatic rings. The molecule has 4 rings (SSSR count). The maximum absolute atomic E-state index is 10.9. The highest BCUT2D eigenvalue weighted by atomic mass is 16.6. The molecule has 1 atom stereocenters. The summed E-state index contributed by atoms with van der Waals surface area (Å²) < 4.78 is 11.9. The number of hydrogen-bond acceptors (Lipinski definition) is 6. The normalized spacial score (nSPS) is 14.8. The molecule has 0 aliphatic heterocycles. The lowest BCUT2D eigenvalue weighted by Crippen LogP contribution is -2.18. The maximum atomic E-state index is 10.9. The molecule has 1 aliphatic carbocycles. The van der Waals surface area contributed by atoms with Gasteiger partial charge in [0, 0.05) is 5.56 Å². The highest BCUT2D eigenvalue weighted by Gasteiger charge is 2.16. The minimum absolute atomic E-state index is 0.176. The van der Waals surface area contributed by atoms with Gasteiger partial charge in [-0.1, -0.05) is 66.2 Å². The van der Waals surface area contributed by atoms with Crippen LogP contribution < -0.4 is 9.47 Å². The number of nitriles is 1. The van der Waals surface area contributed by atoms with Crippen molar-refractivity contribution in [1.82, 2.24) is 0 Å². The van der Waals surface area contributed by atoms with Crippen molar-refractivity contribution in [2.45, 2.75) is 57.2 Å². The summed E-state index contributed by atoms with van der Waals surface area (Å²) in [4.78, 5) is 16.8. The molecule has 3 aromatic carbocycles. The fourth-order valence-electron chi connectivity index (χ4n) is 4.31. The van der Waals surface area contributed by atoms with E-state index in [9.17, 15) is 10.1 Å². The van der Waals surface area contributed by atoms with E-state index >= 15 is 0 Å². The summed E-state index contributed by atoms with van der Waals surface area (Å²) in [6.07, 6.45) is 5.69. The first-order chi connectivity index (χ1) is 18.6. The van der Waals surface area contributed by atoms with Gasteiger partial charge in [-0.25, -0.2) is 0 Å². The Morgan fingerprint density at radius 2 is 1.58 bits per heavy atom. The van der Waals surface area contributed by atoms with Crippen LogP contribution >= 0.6 is 0 Å². The number of hydrogen-bond donors (Lipinski definition) is 1. The summed E-state index contributed by atoms with van der Waals surface area (Å²) in [5, 5.41) is 22.6. The van der Waals surface area contributed by atoms with Crippen molar-refractivity contribution < 1.29 is 24.2 Å². The van der Waals surface area contributed by atoms with Crippen LogP contribution in [-0.2, 0) is 16.2 Å². The second-order valence-corrected chi connectivity index (χ2v) is 9.34. The molecule has 7 nitrogen and oxygen atoms in total. The van der Waals surface area contributed by atoms with E-state index in [2.05, 4.69) is 5.16 Å². The van der Waals surface area contributed by atoms with Crippen LogP contribution in [0.15, 0.2) is 84.0 Å². The van der Waals surface area contributed by atoms with Crippen LogP contribution in [0.25, 0.3) is 0 Å². The molecule has 1 fully saturated rings. The summed E-state index contributed by atoms with van der Waals surface area (Å²) in [5.74, 6) is -0.316. The minimum Gasteiger partial charge on any atom is -0.489 e. The van der Waals surface area contributed by atoms with E-state index in [0.717, 1.165) is 35.4 Å². The maximum Gasteiger partial charge on any atom is 0.305 e. The standard InChI is InChI=1S/C31H32N2O5/c32-20-26(19-31(34)35)24-13-17-28(18-14-24)36-21-23-11-15-27(16-12-23)37-22-30(25-7-3-1-4-8-25)33-38-29-9-5-2-6-10-29/h1,3-4,7-8,11-18,26,29H,2,5-6,9-10,19,21-22H2,(H,34,35). The Hall–Kier alpha value is -4.31. The van der Waals surface area contributed by atoms with Crippen molar-refractivity contribution in [3.8, 4) is 17.6 Å². The van der Waals surface area contributed by atoms with E-state index < -0.39 is 11.9 Å². The van der Waals surface area contributed by atoms with Gasteiger partial charge in [0.05, 0.1) is 18.4 Å². The third-order valence-electron chi connectivity index (χ3n) is 6.49. The Balaban J connectivity index is 1.30. The van der Waals surface area contributed by atoms with Gasteiger partial charge in [-0.3, -0.25) is 4.79 Å². The van der Waals surface area contributed by atoms with E-state index in [1.807, 2.05) is 60.7 Å². The molecular formula is C31H32N2O5. The molecule has 7 heteroatoms. The monoisotopic (exact) mass is 512 g/mol. The van der Waals surface area contributed by atoms with Crippen molar-refractivity contribution >= 4 is 11.7 Å². The molecule has 1 saturated carbocycles. The van der Waals surface area contributed by atoms with Gasteiger partial charge in [0.2, 0.25) is 0 Å². The number of oxime groups is 1. The van der Waals surface area contributed by atoms with E-state index in [1.54, 1.807) is 24.3 Å².